The molecule has 5 nitrogen and oxygen atoms in total. The Morgan fingerprint density at radius 2 is 2.00 bits per heavy atom. The third kappa shape index (κ3) is 4.21. The van der Waals surface area contributed by atoms with Gasteiger partial charge in [-0.1, -0.05) is 29.8 Å². The predicted octanol–water partition coefficient (Wildman–Crippen LogP) is 3.55. The Hall–Kier alpha value is -2.11. The maximum atomic E-state index is 12.2. The number of halogens is 1. The van der Waals surface area contributed by atoms with Gasteiger partial charge in [-0.3, -0.25) is 4.79 Å². The Morgan fingerprint density at radius 3 is 2.70 bits per heavy atom. The van der Waals surface area contributed by atoms with Gasteiger partial charge in [0.25, 0.3) is 5.91 Å². The van der Waals surface area contributed by atoms with Crippen LogP contribution in [-0.2, 0) is 4.74 Å². The lowest BCUT2D eigenvalue weighted by atomic mass is 10.1. The van der Waals surface area contributed by atoms with Crippen LogP contribution in [0.2, 0.25) is 5.02 Å². The van der Waals surface area contributed by atoms with E-state index in [0.29, 0.717) is 29.7 Å². The van der Waals surface area contributed by atoms with Gasteiger partial charge >= 0.3 is 0 Å². The van der Waals surface area contributed by atoms with Crippen molar-refractivity contribution in [3.63, 3.8) is 0 Å². The topological polar surface area (TPSA) is 60.5 Å². The minimum Gasteiger partial charge on any atom is -0.473 e. The van der Waals surface area contributed by atoms with Gasteiger partial charge < -0.3 is 14.8 Å². The van der Waals surface area contributed by atoms with Gasteiger partial charge in [-0.25, -0.2) is 4.98 Å². The third-order valence-corrected chi connectivity index (χ3v) is 3.82. The molecule has 1 amide bonds. The van der Waals surface area contributed by atoms with E-state index in [2.05, 4.69) is 10.3 Å². The fraction of sp³-hybridized carbons (Fsp3) is 0.294. The molecule has 1 saturated heterocycles. The van der Waals surface area contributed by atoms with Crippen LogP contribution in [0.1, 0.15) is 23.2 Å². The van der Waals surface area contributed by atoms with Gasteiger partial charge in [0, 0.05) is 24.7 Å². The summed E-state index contributed by atoms with van der Waals surface area (Å²) in [5.41, 5.74) is 1.11. The number of para-hydroxylation sites is 1. The molecule has 0 radical (unpaired) electrons. The van der Waals surface area contributed by atoms with Crippen LogP contribution in [0.4, 0.5) is 5.69 Å². The average molecular weight is 333 g/mol. The molecule has 0 aliphatic carbocycles. The van der Waals surface area contributed by atoms with E-state index in [1.807, 2.05) is 30.3 Å². The van der Waals surface area contributed by atoms with Crippen molar-refractivity contribution in [1.82, 2.24) is 4.98 Å². The second kappa shape index (κ2) is 7.44. The monoisotopic (exact) mass is 332 g/mol. The largest absolute Gasteiger partial charge is 0.473 e. The Kier molecular flexibility index (Phi) is 5.10. The number of hydrogen-bond acceptors (Lipinski definition) is 4. The van der Waals surface area contributed by atoms with E-state index in [-0.39, 0.29) is 12.0 Å². The fourth-order valence-electron chi connectivity index (χ4n) is 2.31. The second-order valence-electron chi connectivity index (χ2n) is 5.26. The van der Waals surface area contributed by atoms with Crippen LogP contribution in [0, 0.1) is 0 Å². The van der Waals surface area contributed by atoms with Crippen molar-refractivity contribution >= 4 is 23.2 Å². The molecule has 1 aliphatic heterocycles. The summed E-state index contributed by atoms with van der Waals surface area (Å²) in [5, 5.41) is 3.12. The number of ether oxygens (including phenoxy) is 2. The van der Waals surface area contributed by atoms with Crippen LogP contribution in [0.15, 0.2) is 42.6 Å². The third-order valence-electron chi connectivity index (χ3n) is 3.55. The Labute approximate surface area is 139 Å². The van der Waals surface area contributed by atoms with E-state index in [9.17, 15) is 4.79 Å². The SMILES string of the molecule is O=C(Nc1ccccc1)c1cnc(OC2CCOCC2)c(Cl)c1. The first-order valence-corrected chi connectivity index (χ1v) is 7.86. The molecule has 1 aromatic carbocycles. The number of carbonyl (C=O) groups excluding carboxylic acids is 1. The number of amides is 1. The quantitative estimate of drug-likeness (QED) is 0.930. The van der Waals surface area contributed by atoms with Crippen molar-refractivity contribution in [2.75, 3.05) is 18.5 Å². The van der Waals surface area contributed by atoms with E-state index in [1.54, 1.807) is 6.07 Å². The Balaban J connectivity index is 1.67. The van der Waals surface area contributed by atoms with Crippen LogP contribution in [0.3, 0.4) is 0 Å². The first-order chi connectivity index (χ1) is 11.2. The van der Waals surface area contributed by atoms with Crippen molar-refractivity contribution in [1.29, 1.82) is 0 Å². The molecule has 0 unspecified atom stereocenters. The van der Waals surface area contributed by atoms with Crippen molar-refractivity contribution in [2.45, 2.75) is 18.9 Å². The van der Waals surface area contributed by atoms with Crippen molar-refractivity contribution in [3.05, 3.63) is 53.2 Å². The van der Waals surface area contributed by atoms with Gasteiger partial charge in [0.1, 0.15) is 11.1 Å². The van der Waals surface area contributed by atoms with E-state index >= 15 is 0 Å². The maximum absolute atomic E-state index is 12.2. The summed E-state index contributed by atoms with van der Waals surface area (Å²) in [6.07, 6.45) is 3.15. The standard InChI is InChI=1S/C17H17ClN2O3/c18-15-10-12(16(21)20-13-4-2-1-3-5-13)11-19-17(15)23-14-6-8-22-9-7-14/h1-5,10-11,14H,6-9H2,(H,20,21). The zero-order valence-corrected chi connectivity index (χ0v) is 13.3. The number of aromatic nitrogens is 1. The van der Waals surface area contributed by atoms with E-state index in [0.717, 1.165) is 18.5 Å². The number of anilines is 1. The van der Waals surface area contributed by atoms with Crippen LogP contribution in [0.25, 0.3) is 0 Å². The molecule has 0 spiro atoms. The van der Waals surface area contributed by atoms with Crippen LogP contribution < -0.4 is 10.1 Å². The molecule has 0 atom stereocenters. The molecule has 120 valence electrons. The van der Waals surface area contributed by atoms with Crippen LogP contribution in [0.5, 0.6) is 5.88 Å². The summed E-state index contributed by atoms with van der Waals surface area (Å²) in [6, 6.07) is 10.8. The van der Waals surface area contributed by atoms with E-state index in [1.165, 1.54) is 6.20 Å². The smallest absolute Gasteiger partial charge is 0.257 e. The highest BCUT2D eigenvalue weighted by Gasteiger charge is 2.18. The molecule has 3 rings (SSSR count). The van der Waals surface area contributed by atoms with Crippen LogP contribution in [-0.4, -0.2) is 30.2 Å². The molecule has 0 saturated carbocycles. The molecule has 23 heavy (non-hydrogen) atoms. The lowest BCUT2D eigenvalue weighted by molar-refractivity contribution is 0.0238. The number of pyridine rings is 1. The lowest BCUT2D eigenvalue weighted by Crippen LogP contribution is -2.26. The molecule has 1 aliphatic rings. The first-order valence-electron chi connectivity index (χ1n) is 7.49. The van der Waals surface area contributed by atoms with Crippen molar-refractivity contribution in [2.24, 2.45) is 0 Å². The molecular weight excluding hydrogens is 316 g/mol. The molecule has 6 heteroatoms. The highest BCUT2D eigenvalue weighted by atomic mass is 35.5. The van der Waals surface area contributed by atoms with Crippen LogP contribution >= 0.6 is 11.6 Å². The molecule has 1 fully saturated rings. The Morgan fingerprint density at radius 1 is 1.26 bits per heavy atom. The average Bonchev–Trinajstić information content (AvgIpc) is 2.58. The van der Waals surface area contributed by atoms with Gasteiger partial charge in [-0.15, -0.1) is 0 Å². The molecule has 1 N–H and O–H groups in total. The normalized spacial score (nSPS) is 15.2. The second-order valence-corrected chi connectivity index (χ2v) is 5.67. The van der Waals surface area contributed by atoms with Gasteiger partial charge in [-0.05, 0) is 18.2 Å². The summed E-state index contributed by atoms with van der Waals surface area (Å²) in [4.78, 5) is 16.4. The summed E-state index contributed by atoms with van der Waals surface area (Å²) >= 11 is 6.20. The van der Waals surface area contributed by atoms with Gasteiger partial charge in [0.05, 0.1) is 18.8 Å². The van der Waals surface area contributed by atoms with Gasteiger partial charge in [-0.2, -0.15) is 0 Å². The number of nitrogens with zero attached hydrogens (tertiary/aromatic N) is 1. The number of nitrogens with one attached hydrogen (secondary N) is 1. The lowest BCUT2D eigenvalue weighted by Gasteiger charge is -2.23. The van der Waals surface area contributed by atoms with Gasteiger partial charge in [0.15, 0.2) is 0 Å². The maximum Gasteiger partial charge on any atom is 0.257 e. The van der Waals surface area contributed by atoms with E-state index in [4.69, 9.17) is 21.1 Å². The number of benzene rings is 1. The first kappa shape index (κ1) is 15.8. The summed E-state index contributed by atoms with van der Waals surface area (Å²) in [5.74, 6) is 0.0954. The molecule has 2 heterocycles. The fourth-order valence-corrected chi connectivity index (χ4v) is 2.52. The number of hydrogen-bond donors (Lipinski definition) is 1. The van der Waals surface area contributed by atoms with Crippen molar-refractivity contribution in [3.8, 4) is 5.88 Å². The highest BCUT2D eigenvalue weighted by Crippen LogP contribution is 2.25. The van der Waals surface area contributed by atoms with E-state index < -0.39 is 0 Å². The molecule has 0 bridgehead atoms. The molecule has 2 aromatic rings. The predicted molar refractivity (Wildman–Crippen MR) is 88.1 cm³/mol. The number of carbonyl (C=O) groups is 1. The highest BCUT2D eigenvalue weighted by molar-refractivity contribution is 6.32. The minimum absolute atomic E-state index is 0.0535. The summed E-state index contributed by atoms with van der Waals surface area (Å²) < 4.78 is 11.1. The molecular formula is C17H17ClN2O3. The summed E-state index contributed by atoms with van der Waals surface area (Å²) in [7, 11) is 0. The number of rotatable bonds is 4. The molecule has 1 aromatic heterocycles. The summed E-state index contributed by atoms with van der Waals surface area (Å²) in [6.45, 7) is 1.36. The zero-order chi connectivity index (χ0) is 16.1. The zero-order valence-electron chi connectivity index (χ0n) is 12.5. The minimum atomic E-state index is -0.261. The van der Waals surface area contributed by atoms with Crippen molar-refractivity contribution < 1.29 is 14.3 Å². The van der Waals surface area contributed by atoms with Gasteiger partial charge in [0.2, 0.25) is 5.88 Å². The Bertz CT molecular complexity index is 673.